The molecule has 2 aromatic carbocycles. The number of fused-ring (bicyclic) bond motifs is 1. The summed E-state index contributed by atoms with van der Waals surface area (Å²) in [5.41, 5.74) is 4.24. The molecule has 2 N–H and O–H groups in total. The molecule has 1 heterocycles. The third-order valence-corrected chi connectivity index (χ3v) is 5.41. The van der Waals surface area contributed by atoms with Crippen molar-refractivity contribution >= 4 is 16.9 Å². The zero-order valence-corrected chi connectivity index (χ0v) is 17.5. The highest BCUT2D eigenvalue weighted by atomic mass is 16.5. The van der Waals surface area contributed by atoms with Crippen molar-refractivity contribution < 1.29 is 24.1 Å². The summed E-state index contributed by atoms with van der Waals surface area (Å²) in [5.74, 6) is 1.17. The van der Waals surface area contributed by atoms with Gasteiger partial charge in [-0.05, 0) is 41.7 Å². The van der Waals surface area contributed by atoms with Gasteiger partial charge in [-0.1, -0.05) is 19.9 Å². The van der Waals surface area contributed by atoms with Crippen LogP contribution in [0.3, 0.4) is 0 Å². The zero-order chi connectivity index (χ0) is 21.1. The Bertz CT molecular complexity index is 1040. The average Bonchev–Trinajstić information content (AvgIpc) is 3.08. The van der Waals surface area contributed by atoms with E-state index in [2.05, 4.69) is 31.0 Å². The van der Waals surface area contributed by atoms with Crippen molar-refractivity contribution in [2.24, 2.45) is 0 Å². The molecule has 0 amide bonds. The fourth-order valence-corrected chi connectivity index (χ4v) is 3.60. The Morgan fingerprint density at radius 1 is 1.03 bits per heavy atom. The molecule has 0 radical (unpaired) electrons. The van der Waals surface area contributed by atoms with E-state index in [4.69, 9.17) is 14.2 Å². The first kappa shape index (κ1) is 20.6. The Balaban J connectivity index is 2.30. The van der Waals surface area contributed by atoms with Gasteiger partial charge < -0.3 is 24.3 Å². The predicted octanol–water partition coefficient (Wildman–Crippen LogP) is 5.00. The van der Waals surface area contributed by atoms with Crippen LogP contribution in [-0.4, -0.2) is 37.4 Å². The minimum atomic E-state index is -0.888. The van der Waals surface area contributed by atoms with Crippen molar-refractivity contribution in [2.45, 2.75) is 32.6 Å². The van der Waals surface area contributed by atoms with E-state index in [0.29, 0.717) is 28.9 Å². The summed E-state index contributed by atoms with van der Waals surface area (Å²) in [4.78, 5) is 15.1. The first-order valence-electron chi connectivity index (χ1n) is 9.60. The van der Waals surface area contributed by atoms with Crippen molar-refractivity contribution in [2.75, 3.05) is 21.3 Å². The van der Waals surface area contributed by atoms with E-state index in [9.17, 15) is 9.90 Å². The van der Waals surface area contributed by atoms with Crippen LogP contribution in [0.15, 0.2) is 30.3 Å². The summed E-state index contributed by atoms with van der Waals surface area (Å²) in [5, 5.41) is 10.5. The van der Waals surface area contributed by atoms with E-state index in [1.165, 1.54) is 5.56 Å². The highest BCUT2D eigenvalue weighted by molar-refractivity contribution is 5.95. The number of aromatic amines is 1. The van der Waals surface area contributed by atoms with Gasteiger partial charge in [0.05, 0.1) is 33.4 Å². The number of aliphatic carboxylic acids is 1. The van der Waals surface area contributed by atoms with Gasteiger partial charge in [-0.2, -0.15) is 0 Å². The third kappa shape index (κ3) is 3.88. The summed E-state index contributed by atoms with van der Waals surface area (Å²) in [7, 11) is 4.70. The molecule has 154 valence electrons. The monoisotopic (exact) mass is 397 g/mol. The lowest BCUT2D eigenvalue weighted by Crippen LogP contribution is -2.02. The molecule has 0 spiro atoms. The number of aromatic nitrogens is 1. The Morgan fingerprint density at radius 3 is 2.28 bits per heavy atom. The Labute approximate surface area is 170 Å². The molecule has 3 rings (SSSR count). The van der Waals surface area contributed by atoms with E-state index < -0.39 is 5.97 Å². The maximum atomic E-state index is 11.7. The predicted molar refractivity (Wildman–Crippen MR) is 113 cm³/mol. The number of nitrogens with one attached hydrogen (secondary N) is 1. The fourth-order valence-electron chi connectivity index (χ4n) is 3.60. The molecule has 0 saturated carbocycles. The largest absolute Gasteiger partial charge is 0.496 e. The fraction of sp³-hybridized carbons (Fsp3) is 0.348. The summed E-state index contributed by atoms with van der Waals surface area (Å²) < 4.78 is 16.4. The molecular formula is C23H27NO5. The molecular weight excluding hydrogens is 370 g/mol. The smallest absolute Gasteiger partial charge is 0.307 e. The second-order valence-electron chi connectivity index (χ2n) is 7.07. The standard InChI is InChI=1S/C23H27NO5/c1-6-13(2)14-7-8-18-15(9-14)16(11-22(25)26)23(24-18)17-10-20(28-4)21(29-5)12-19(17)27-3/h7-10,12-13,24H,6,11H2,1-5H3,(H,25,26). The topological polar surface area (TPSA) is 80.8 Å². The minimum absolute atomic E-state index is 0.100. The van der Waals surface area contributed by atoms with Crippen molar-refractivity contribution in [3.63, 3.8) is 0 Å². The zero-order valence-electron chi connectivity index (χ0n) is 17.5. The van der Waals surface area contributed by atoms with Gasteiger partial charge >= 0.3 is 5.97 Å². The van der Waals surface area contributed by atoms with Crippen molar-refractivity contribution in [1.82, 2.24) is 4.98 Å². The van der Waals surface area contributed by atoms with E-state index in [0.717, 1.165) is 28.5 Å². The number of benzene rings is 2. The summed E-state index contributed by atoms with van der Waals surface area (Å²) in [6, 6.07) is 9.75. The number of methoxy groups -OCH3 is 3. The number of carboxylic acid groups (broad SMARTS) is 1. The van der Waals surface area contributed by atoms with E-state index in [-0.39, 0.29) is 6.42 Å². The van der Waals surface area contributed by atoms with Crippen LogP contribution in [0.5, 0.6) is 17.2 Å². The van der Waals surface area contributed by atoms with Gasteiger partial charge in [-0.15, -0.1) is 0 Å². The van der Waals surface area contributed by atoms with Crippen LogP contribution in [0.4, 0.5) is 0 Å². The molecule has 29 heavy (non-hydrogen) atoms. The lowest BCUT2D eigenvalue weighted by molar-refractivity contribution is -0.136. The van der Waals surface area contributed by atoms with E-state index in [1.807, 2.05) is 12.1 Å². The number of hydrogen-bond donors (Lipinski definition) is 2. The van der Waals surface area contributed by atoms with Gasteiger partial charge in [-0.25, -0.2) is 0 Å². The number of carboxylic acids is 1. The van der Waals surface area contributed by atoms with E-state index in [1.54, 1.807) is 27.4 Å². The van der Waals surface area contributed by atoms with Crippen LogP contribution in [0.2, 0.25) is 0 Å². The minimum Gasteiger partial charge on any atom is -0.496 e. The molecule has 0 bridgehead atoms. The van der Waals surface area contributed by atoms with Crippen molar-refractivity contribution in [1.29, 1.82) is 0 Å². The van der Waals surface area contributed by atoms with Gasteiger partial charge in [0, 0.05) is 22.5 Å². The number of carbonyl (C=O) groups is 1. The van der Waals surface area contributed by atoms with E-state index >= 15 is 0 Å². The third-order valence-electron chi connectivity index (χ3n) is 5.41. The molecule has 3 aromatic rings. The Kier molecular flexibility index (Phi) is 6.01. The Morgan fingerprint density at radius 2 is 1.69 bits per heavy atom. The first-order chi connectivity index (χ1) is 13.9. The summed E-state index contributed by atoms with van der Waals surface area (Å²) in [6.45, 7) is 4.31. The molecule has 0 aliphatic carbocycles. The molecule has 0 saturated heterocycles. The molecule has 1 atom stereocenters. The molecule has 1 aromatic heterocycles. The molecule has 0 aliphatic heterocycles. The number of H-pyrrole nitrogens is 1. The van der Waals surface area contributed by atoms with Crippen molar-refractivity contribution in [3.05, 3.63) is 41.5 Å². The number of hydrogen-bond acceptors (Lipinski definition) is 4. The van der Waals surface area contributed by atoms with Gasteiger partial charge in [0.1, 0.15) is 5.75 Å². The SMILES string of the molecule is CCC(C)c1ccc2[nH]c(-c3cc(OC)c(OC)cc3OC)c(CC(=O)O)c2c1. The van der Waals surface area contributed by atoms with Crippen LogP contribution in [-0.2, 0) is 11.2 Å². The highest BCUT2D eigenvalue weighted by Crippen LogP contribution is 2.43. The number of ether oxygens (including phenoxy) is 3. The molecule has 6 heteroatoms. The normalized spacial score (nSPS) is 12.0. The molecule has 6 nitrogen and oxygen atoms in total. The molecule has 0 aliphatic rings. The van der Waals surface area contributed by atoms with Crippen molar-refractivity contribution in [3.8, 4) is 28.5 Å². The van der Waals surface area contributed by atoms with Crippen LogP contribution < -0.4 is 14.2 Å². The van der Waals surface area contributed by atoms with Crippen LogP contribution in [0.25, 0.3) is 22.2 Å². The van der Waals surface area contributed by atoms with Crippen LogP contribution >= 0.6 is 0 Å². The summed E-state index contributed by atoms with van der Waals surface area (Å²) in [6.07, 6.45) is 0.914. The van der Waals surface area contributed by atoms with Gasteiger partial charge in [-0.3, -0.25) is 4.79 Å². The second-order valence-corrected chi connectivity index (χ2v) is 7.07. The van der Waals surface area contributed by atoms with Gasteiger partial charge in [0.25, 0.3) is 0 Å². The van der Waals surface area contributed by atoms with Crippen LogP contribution in [0.1, 0.15) is 37.3 Å². The lowest BCUT2D eigenvalue weighted by Gasteiger charge is -2.14. The highest BCUT2D eigenvalue weighted by Gasteiger charge is 2.21. The lowest BCUT2D eigenvalue weighted by atomic mass is 9.95. The summed E-state index contributed by atoms with van der Waals surface area (Å²) >= 11 is 0. The van der Waals surface area contributed by atoms with Gasteiger partial charge in [0.15, 0.2) is 11.5 Å². The van der Waals surface area contributed by atoms with Crippen LogP contribution in [0, 0.1) is 0 Å². The second kappa shape index (κ2) is 8.47. The Hall–Kier alpha value is -3.15. The maximum absolute atomic E-state index is 11.7. The maximum Gasteiger partial charge on any atom is 0.307 e. The molecule has 0 fully saturated rings. The molecule has 1 unspecified atom stereocenters. The first-order valence-corrected chi connectivity index (χ1v) is 9.60. The van der Waals surface area contributed by atoms with Gasteiger partial charge in [0.2, 0.25) is 0 Å². The average molecular weight is 397 g/mol. The quantitative estimate of drug-likeness (QED) is 0.559. The number of rotatable bonds is 8.